The molecule has 1 unspecified atom stereocenters. The molecule has 2 aliphatic heterocycles. The number of fused-ring (bicyclic) bond motifs is 1. The molecule has 0 fully saturated rings. The van der Waals surface area contributed by atoms with Crippen LogP contribution in [0.15, 0.2) is 34.4 Å². The second-order valence-electron chi connectivity index (χ2n) is 6.77. The molecule has 0 saturated carbocycles. The van der Waals surface area contributed by atoms with Gasteiger partial charge in [0.25, 0.3) is 6.02 Å². The topological polar surface area (TPSA) is 84.9 Å². The predicted octanol–water partition coefficient (Wildman–Crippen LogP) is 3.39. The van der Waals surface area contributed by atoms with E-state index in [4.69, 9.17) is 17.3 Å². The van der Waals surface area contributed by atoms with Crippen molar-refractivity contribution in [2.75, 3.05) is 6.61 Å². The summed E-state index contributed by atoms with van der Waals surface area (Å²) in [6, 6.07) is 2.86. The zero-order valence-corrected chi connectivity index (χ0v) is 15.7. The first-order valence-corrected chi connectivity index (χ1v) is 8.81. The number of amidine groups is 2. The van der Waals surface area contributed by atoms with E-state index in [2.05, 4.69) is 25.0 Å². The van der Waals surface area contributed by atoms with E-state index in [1.54, 1.807) is 0 Å². The Morgan fingerprint density at radius 1 is 1.21 bits per heavy atom. The average Bonchev–Trinajstić information content (AvgIpc) is 2.64. The number of aromatic nitrogens is 1. The Bertz CT molecular complexity index is 1070. The highest BCUT2D eigenvalue weighted by atomic mass is 35.5. The summed E-state index contributed by atoms with van der Waals surface area (Å²) < 4.78 is 62.7. The summed E-state index contributed by atoms with van der Waals surface area (Å²) in [6.07, 6.45) is 1.25. The lowest BCUT2D eigenvalue weighted by atomic mass is 9.84. The fourth-order valence-corrected chi connectivity index (χ4v) is 3.33. The SMILES string of the molecule is CC1(c2cc3c(cc2F)CNC(c2ncc(Cl)cc2F)=N3)N=C(N)OCC1(F)F. The van der Waals surface area contributed by atoms with E-state index in [1.165, 1.54) is 6.20 Å². The van der Waals surface area contributed by atoms with E-state index in [1.807, 2.05) is 0 Å². The molecule has 3 N–H and O–H groups in total. The summed E-state index contributed by atoms with van der Waals surface area (Å²) >= 11 is 5.71. The lowest BCUT2D eigenvalue weighted by Crippen LogP contribution is -2.51. The molecule has 11 heteroatoms. The van der Waals surface area contributed by atoms with Crippen molar-refractivity contribution in [2.24, 2.45) is 15.7 Å². The Balaban J connectivity index is 1.84. The monoisotopic (exact) mass is 427 g/mol. The van der Waals surface area contributed by atoms with E-state index in [9.17, 15) is 17.6 Å². The second kappa shape index (κ2) is 6.58. The van der Waals surface area contributed by atoms with Crippen LogP contribution in [0.3, 0.4) is 0 Å². The number of nitrogens with one attached hydrogen (secondary N) is 1. The van der Waals surface area contributed by atoms with E-state index in [0.717, 1.165) is 25.1 Å². The Labute approximate surface area is 167 Å². The molecule has 1 atom stereocenters. The van der Waals surface area contributed by atoms with E-state index in [-0.39, 0.29) is 28.8 Å². The van der Waals surface area contributed by atoms with Crippen molar-refractivity contribution in [2.45, 2.75) is 24.9 Å². The zero-order valence-electron chi connectivity index (χ0n) is 14.9. The molecule has 0 spiro atoms. The molecule has 0 aliphatic carbocycles. The molecular formula is C18H14ClF4N5O. The standard InChI is InChI=1S/C18H14ClF4N5O/c1-17(18(22,23)7-29-16(24)28-17)10-4-13-8(2-11(10)20)5-26-15(27-13)14-12(21)3-9(19)6-25-14/h2-4,6H,5,7H2,1H3,(H2,24,28)(H,26,27). The smallest absolute Gasteiger partial charge is 0.310 e. The molecule has 0 amide bonds. The maximum Gasteiger partial charge on any atom is 0.310 e. The van der Waals surface area contributed by atoms with Gasteiger partial charge in [0.05, 0.1) is 10.7 Å². The zero-order chi connectivity index (χ0) is 21.0. The second-order valence-corrected chi connectivity index (χ2v) is 7.21. The van der Waals surface area contributed by atoms with Gasteiger partial charge in [0.15, 0.2) is 23.8 Å². The number of halogens is 5. The normalized spacial score (nSPS) is 22.7. The predicted molar refractivity (Wildman–Crippen MR) is 98.5 cm³/mol. The van der Waals surface area contributed by atoms with Crippen molar-refractivity contribution >= 4 is 29.1 Å². The van der Waals surface area contributed by atoms with Crippen LogP contribution >= 0.6 is 11.6 Å². The summed E-state index contributed by atoms with van der Waals surface area (Å²) in [5.41, 5.74) is 3.25. The first-order chi connectivity index (χ1) is 13.6. The lowest BCUT2D eigenvalue weighted by molar-refractivity contribution is -0.117. The molecule has 3 heterocycles. The van der Waals surface area contributed by atoms with Crippen LogP contribution in [0.4, 0.5) is 23.2 Å². The fourth-order valence-electron chi connectivity index (χ4n) is 3.18. The van der Waals surface area contributed by atoms with Gasteiger partial charge in [-0.05, 0) is 30.7 Å². The van der Waals surface area contributed by atoms with Crippen molar-refractivity contribution in [3.8, 4) is 0 Å². The van der Waals surface area contributed by atoms with Gasteiger partial charge in [0.1, 0.15) is 11.5 Å². The third-order valence-electron chi connectivity index (χ3n) is 4.85. The molecule has 0 saturated heterocycles. The minimum atomic E-state index is -3.52. The first-order valence-electron chi connectivity index (χ1n) is 8.43. The number of alkyl halides is 2. The van der Waals surface area contributed by atoms with E-state index >= 15 is 0 Å². The number of hydrogen-bond donors (Lipinski definition) is 2. The molecule has 6 nitrogen and oxygen atoms in total. The Morgan fingerprint density at radius 3 is 2.69 bits per heavy atom. The summed E-state index contributed by atoms with van der Waals surface area (Å²) in [5, 5.41) is 2.94. The largest absolute Gasteiger partial charge is 0.459 e. The number of nitrogens with zero attached hydrogens (tertiary/aromatic N) is 3. The molecule has 2 aromatic rings. The highest BCUT2D eigenvalue weighted by Gasteiger charge is 2.56. The van der Waals surface area contributed by atoms with Gasteiger partial charge in [-0.1, -0.05) is 11.6 Å². The quantitative estimate of drug-likeness (QED) is 0.719. The van der Waals surface area contributed by atoms with Gasteiger partial charge in [0.2, 0.25) is 0 Å². The molecule has 4 rings (SSSR count). The van der Waals surface area contributed by atoms with Gasteiger partial charge in [-0.3, -0.25) is 0 Å². The van der Waals surface area contributed by atoms with Crippen LogP contribution in [0.1, 0.15) is 23.7 Å². The van der Waals surface area contributed by atoms with Crippen molar-refractivity contribution < 1.29 is 22.3 Å². The van der Waals surface area contributed by atoms with Gasteiger partial charge >= 0.3 is 5.92 Å². The van der Waals surface area contributed by atoms with Gasteiger partial charge < -0.3 is 15.8 Å². The lowest BCUT2D eigenvalue weighted by Gasteiger charge is -2.37. The Kier molecular flexibility index (Phi) is 4.41. The Morgan fingerprint density at radius 2 is 1.97 bits per heavy atom. The third-order valence-corrected chi connectivity index (χ3v) is 5.06. The molecular weight excluding hydrogens is 414 g/mol. The number of hydrogen-bond acceptors (Lipinski definition) is 6. The number of benzene rings is 1. The van der Waals surface area contributed by atoms with Crippen molar-refractivity contribution in [1.29, 1.82) is 0 Å². The maximum atomic E-state index is 14.8. The minimum Gasteiger partial charge on any atom is -0.459 e. The van der Waals surface area contributed by atoms with Crippen LogP contribution in [0.2, 0.25) is 5.02 Å². The molecule has 1 aromatic carbocycles. The number of aliphatic imine (C=N–C) groups is 2. The summed E-state index contributed by atoms with van der Waals surface area (Å²) in [6.45, 7) is 0.126. The van der Waals surface area contributed by atoms with Crippen LogP contribution in [0, 0.1) is 11.6 Å². The molecule has 152 valence electrons. The average molecular weight is 428 g/mol. The van der Waals surface area contributed by atoms with Crippen LogP contribution in [0.5, 0.6) is 0 Å². The number of ether oxygens (including phenoxy) is 1. The number of pyridine rings is 1. The third kappa shape index (κ3) is 3.17. The molecule has 1 aromatic heterocycles. The highest BCUT2D eigenvalue weighted by Crippen LogP contribution is 2.46. The van der Waals surface area contributed by atoms with Gasteiger partial charge in [-0.15, -0.1) is 0 Å². The first kappa shape index (κ1) is 19.4. The summed E-state index contributed by atoms with van der Waals surface area (Å²) in [5.74, 6) is -5.06. The van der Waals surface area contributed by atoms with E-state index < -0.39 is 41.3 Å². The van der Waals surface area contributed by atoms with Crippen LogP contribution in [-0.4, -0.2) is 29.4 Å². The van der Waals surface area contributed by atoms with Crippen LogP contribution in [-0.2, 0) is 16.8 Å². The van der Waals surface area contributed by atoms with E-state index in [0.29, 0.717) is 5.56 Å². The molecule has 0 bridgehead atoms. The summed E-state index contributed by atoms with van der Waals surface area (Å²) in [7, 11) is 0. The molecule has 0 radical (unpaired) electrons. The van der Waals surface area contributed by atoms with Gasteiger partial charge in [0, 0.05) is 18.3 Å². The highest BCUT2D eigenvalue weighted by molar-refractivity contribution is 6.30. The van der Waals surface area contributed by atoms with Gasteiger partial charge in [-0.2, -0.15) is 8.78 Å². The van der Waals surface area contributed by atoms with Crippen molar-refractivity contribution in [1.82, 2.24) is 10.3 Å². The van der Waals surface area contributed by atoms with Crippen molar-refractivity contribution in [3.05, 3.63) is 57.9 Å². The summed E-state index contributed by atoms with van der Waals surface area (Å²) in [4.78, 5) is 11.8. The van der Waals surface area contributed by atoms with Crippen LogP contribution < -0.4 is 11.1 Å². The fraction of sp³-hybridized carbons (Fsp3) is 0.278. The number of rotatable bonds is 2. The molecule has 29 heavy (non-hydrogen) atoms. The maximum absolute atomic E-state index is 14.8. The van der Waals surface area contributed by atoms with Crippen molar-refractivity contribution in [3.63, 3.8) is 0 Å². The van der Waals surface area contributed by atoms with Gasteiger partial charge in [-0.25, -0.2) is 23.7 Å². The Hall–Kier alpha value is -2.88. The number of nitrogens with two attached hydrogens (primary N) is 1. The molecule has 2 aliphatic rings. The van der Waals surface area contributed by atoms with Crippen LogP contribution in [0.25, 0.3) is 0 Å². The minimum absolute atomic E-state index is 0.0659.